The molecule has 6 nitrogen and oxygen atoms in total. The number of amides is 1. The highest BCUT2D eigenvalue weighted by atomic mass is 19.4. The lowest BCUT2D eigenvalue weighted by Gasteiger charge is -2.30. The molecule has 0 bridgehead atoms. The third kappa shape index (κ3) is 4.59. The molecule has 1 heterocycles. The molecule has 0 aliphatic heterocycles. The van der Waals surface area contributed by atoms with E-state index in [1.54, 1.807) is 31.3 Å². The van der Waals surface area contributed by atoms with Crippen LogP contribution in [0.1, 0.15) is 28.5 Å². The maximum Gasteiger partial charge on any atom is 0.464 e. The number of esters is 1. The van der Waals surface area contributed by atoms with Crippen LogP contribution in [0.5, 0.6) is 0 Å². The normalized spacial score (nSPS) is 13.4. The van der Waals surface area contributed by atoms with Gasteiger partial charge in [0.25, 0.3) is 11.7 Å². The van der Waals surface area contributed by atoms with Crippen LogP contribution in [0.25, 0.3) is 0 Å². The monoisotopic (exact) mass is 396 g/mol. The van der Waals surface area contributed by atoms with E-state index in [2.05, 4.69) is 15.0 Å². The number of hydrogen-bond donors (Lipinski definition) is 2. The highest BCUT2D eigenvalue weighted by Gasteiger charge is 2.68. The van der Waals surface area contributed by atoms with Crippen LogP contribution in [0.3, 0.4) is 0 Å². The van der Waals surface area contributed by atoms with Crippen LogP contribution in [0.4, 0.5) is 19.0 Å². The van der Waals surface area contributed by atoms with Crippen molar-refractivity contribution in [2.45, 2.75) is 32.6 Å². The third-order valence-corrected chi connectivity index (χ3v) is 3.85. The predicted molar refractivity (Wildman–Crippen MR) is 95.4 cm³/mol. The van der Waals surface area contributed by atoms with Crippen molar-refractivity contribution in [3.8, 4) is 0 Å². The highest BCUT2D eigenvalue weighted by molar-refractivity contribution is 5.99. The highest BCUT2D eigenvalue weighted by Crippen LogP contribution is 2.32. The Morgan fingerprint density at radius 2 is 1.79 bits per heavy atom. The van der Waals surface area contributed by atoms with Crippen LogP contribution in [0.15, 0.2) is 42.5 Å². The molecular weight excluding hydrogens is 375 g/mol. The summed E-state index contributed by atoms with van der Waals surface area (Å²) in [7, 11) is 0. The van der Waals surface area contributed by atoms with Crippen molar-refractivity contribution in [2.75, 3.05) is 11.9 Å². The Morgan fingerprint density at radius 1 is 1.11 bits per heavy atom. The van der Waals surface area contributed by atoms with Crippen molar-refractivity contribution in [1.29, 1.82) is 0 Å². The van der Waals surface area contributed by atoms with Crippen LogP contribution in [0, 0.1) is 13.8 Å². The van der Waals surface area contributed by atoms with Gasteiger partial charge in [-0.05, 0) is 39.0 Å². The number of carbonyl (C=O) groups excluding carboxylic acids is 2. The van der Waals surface area contributed by atoms with Crippen LogP contribution in [-0.2, 0) is 9.53 Å². The van der Waals surface area contributed by atoms with E-state index in [0.29, 0.717) is 11.3 Å². The van der Waals surface area contributed by atoms with E-state index in [1.807, 2.05) is 0 Å². The number of nitrogens with one attached hydrogen (secondary N) is 3. The number of carbonyl (C=O) groups is 2. The average molecular weight is 396 g/mol. The molecule has 0 aliphatic carbocycles. The Morgan fingerprint density at radius 3 is 2.36 bits per heavy atom. The summed E-state index contributed by atoms with van der Waals surface area (Å²) in [4.78, 5) is 27.6. The number of pyridine rings is 1. The van der Waals surface area contributed by atoms with Crippen molar-refractivity contribution >= 4 is 17.7 Å². The van der Waals surface area contributed by atoms with Crippen LogP contribution in [-0.4, -0.2) is 30.3 Å². The SMILES string of the molecule is CCOC(=O)[C@](NC(=O)c1cccc(C)c1)(Nc1cccc(C)[nH+]1)C(F)(F)F. The molecule has 0 radical (unpaired) electrons. The van der Waals surface area contributed by atoms with Crippen LogP contribution < -0.4 is 15.6 Å². The molecule has 0 aliphatic rings. The van der Waals surface area contributed by atoms with E-state index in [0.717, 1.165) is 0 Å². The molecule has 0 spiro atoms. The van der Waals surface area contributed by atoms with Gasteiger partial charge in [0.2, 0.25) is 0 Å². The van der Waals surface area contributed by atoms with Gasteiger partial charge >= 0.3 is 17.8 Å². The minimum atomic E-state index is -5.20. The van der Waals surface area contributed by atoms with Gasteiger partial charge in [-0.3, -0.25) is 10.1 Å². The number of ether oxygens (including phenoxy) is 1. The van der Waals surface area contributed by atoms with E-state index in [-0.39, 0.29) is 18.0 Å². The quantitative estimate of drug-likeness (QED) is 0.581. The zero-order chi connectivity index (χ0) is 20.9. The summed E-state index contributed by atoms with van der Waals surface area (Å²) in [6.07, 6.45) is -5.20. The van der Waals surface area contributed by atoms with Crippen LogP contribution in [0.2, 0.25) is 0 Å². The van der Waals surface area contributed by atoms with E-state index in [1.165, 1.54) is 37.3 Å². The first-order chi connectivity index (χ1) is 13.1. The van der Waals surface area contributed by atoms with Gasteiger partial charge in [-0.2, -0.15) is 13.2 Å². The molecule has 1 atom stereocenters. The average Bonchev–Trinajstić information content (AvgIpc) is 2.60. The standard InChI is InChI=1S/C19H20F3N3O3/c1-4-28-17(27)18(19(20,21)22,24-15-10-6-8-13(3)23-15)25-16(26)14-9-5-7-12(2)11-14/h5-11H,4H2,1-3H3,(H,23,24)(H,25,26)/p+1/t18-/m1/s1. The van der Waals surface area contributed by atoms with Crippen molar-refractivity contribution in [3.05, 3.63) is 59.3 Å². The van der Waals surface area contributed by atoms with Gasteiger partial charge in [0.15, 0.2) is 0 Å². The van der Waals surface area contributed by atoms with Crippen molar-refractivity contribution in [3.63, 3.8) is 0 Å². The number of aromatic nitrogens is 1. The molecule has 0 unspecified atom stereocenters. The fraction of sp³-hybridized carbons (Fsp3) is 0.316. The Balaban J connectivity index is 2.52. The van der Waals surface area contributed by atoms with Crippen molar-refractivity contribution < 1.29 is 32.5 Å². The second-order valence-electron chi connectivity index (χ2n) is 6.16. The third-order valence-electron chi connectivity index (χ3n) is 3.85. The molecule has 3 N–H and O–H groups in total. The van der Waals surface area contributed by atoms with Gasteiger partial charge in [0.05, 0.1) is 12.3 Å². The molecule has 150 valence electrons. The topological polar surface area (TPSA) is 81.6 Å². The summed E-state index contributed by atoms with van der Waals surface area (Å²) in [6, 6.07) is 10.4. The Bertz CT molecular complexity index is 871. The minimum absolute atomic E-state index is 0.0204. The zero-order valence-corrected chi connectivity index (χ0v) is 15.6. The van der Waals surface area contributed by atoms with Gasteiger partial charge in [-0.15, -0.1) is 0 Å². The molecule has 28 heavy (non-hydrogen) atoms. The van der Waals surface area contributed by atoms with Gasteiger partial charge in [-0.1, -0.05) is 23.8 Å². The summed E-state index contributed by atoms with van der Waals surface area (Å²) >= 11 is 0. The van der Waals surface area contributed by atoms with Crippen molar-refractivity contribution in [1.82, 2.24) is 5.32 Å². The number of anilines is 1. The predicted octanol–water partition coefficient (Wildman–Crippen LogP) is 2.78. The Kier molecular flexibility index (Phi) is 6.27. The Labute approximate surface area is 160 Å². The molecule has 0 saturated heterocycles. The van der Waals surface area contributed by atoms with Gasteiger partial charge < -0.3 is 4.74 Å². The van der Waals surface area contributed by atoms with Gasteiger partial charge in [0.1, 0.15) is 0 Å². The number of alkyl halides is 3. The maximum absolute atomic E-state index is 14.1. The van der Waals surface area contributed by atoms with E-state index in [9.17, 15) is 22.8 Å². The second-order valence-corrected chi connectivity index (χ2v) is 6.16. The van der Waals surface area contributed by atoms with Gasteiger partial charge in [-0.25, -0.2) is 15.1 Å². The summed E-state index contributed by atoms with van der Waals surface area (Å²) in [5.74, 6) is -2.86. The largest absolute Gasteiger partial charge is 0.464 e. The van der Waals surface area contributed by atoms with Gasteiger partial charge in [0, 0.05) is 11.6 Å². The fourth-order valence-electron chi connectivity index (χ4n) is 2.52. The molecular formula is C19H21F3N3O3+. The minimum Gasteiger partial charge on any atom is -0.461 e. The molecule has 1 aromatic heterocycles. The summed E-state index contributed by atoms with van der Waals surface area (Å²) in [5.41, 5.74) is -2.27. The first kappa shape index (κ1) is 21.2. The molecule has 1 aromatic carbocycles. The lowest BCUT2D eigenvalue weighted by Crippen LogP contribution is -2.69. The second kappa shape index (κ2) is 8.28. The molecule has 9 heteroatoms. The molecule has 0 saturated carbocycles. The number of benzene rings is 1. The number of rotatable bonds is 6. The number of aromatic amines is 1. The number of hydrogen-bond acceptors (Lipinski definition) is 4. The number of aryl methyl sites for hydroxylation is 2. The lowest BCUT2D eigenvalue weighted by atomic mass is 10.1. The van der Waals surface area contributed by atoms with E-state index in [4.69, 9.17) is 0 Å². The molecule has 2 aromatic rings. The molecule has 0 fully saturated rings. The lowest BCUT2D eigenvalue weighted by molar-refractivity contribution is -0.372. The van der Waals surface area contributed by atoms with Crippen molar-refractivity contribution in [2.24, 2.45) is 0 Å². The number of halogens is 3. The maximum atomic E-state index is 14.1. The van der Waals surface area contributed by atoms with E-state index < -0.39 is 23.7 Å². The summed E-state index contributed by atoms with van der Waals surface area (Å²) < 4.78 is 46.9. The summed E-state index contributed by atoms with van der Waals surface area (Å²) in [5, 5.41) is 3.88. The zero-order valence-electron chi connectivity index (χ0n) is 15.6. The first-order valence-corrected chi connectivity index (χ1v) is 8.49. The molecule has 1 amide bonds. The van der Waals surface area contributed by atoms with E-state index >= 15 is 0 Å². The fourth-order valence-corrected chi connectivity index (χ4v) is 2.52. The number of H-pyrrole nitrogens is 1. The van der Waals surface area contributed by atoms with Crippen LogP contribution >= 0.6 is 0 Å². The molecule has 2 rings (SSSR count). The Hall–Kier alpha value is -3.10. The smallest absolute Gasteiger partial charge is 0.461 e. The summed E-state index contributed by atoms with van der Waals surface area (Å²) in [6.45, 7) is 4.41. The first-order valence-electron chi connectivity index (χ1n) is 8.49.